The number of piperidine rings is 1. The van der Waals surface area contributed by atoms with Gasteiger partial charge < -0.3 is 20.7 Å². The van der Waals surface area contributed by atoms with Gasteiger partial charge in [0.1, 0.15) is 5.82 Å². The van der Waals surface area contributed by atoms with Gasteiger partial charge in [0.15, 0.2) is 0 Å². The highest BCUT2D eigenvalue weighted by atomic mass is 79.9. The van der Waals surface area contributed by atoms with Gasteiger partial charge in [0.25, 0.3) is 0 Å². The molecule has 3 N–H and O–H groups in total. The monoisotopic (exact) mass is 528 g/mol. The first-order chi connectivity index (χ1) is 16.4. The van der Waals surface area contributed by atoms with Gasteiger partial charge in [0.05, 0.1) is 28.2 Å². The van der Waals surface area contributed by atoms with Crippen LogP contribution in [0.1, 0.15) is 12.8 Å². The summed E-state index contributed by atoms with van der Waals surface area (Å²) < 4.78 is 15.3. The predicted molar refractivity (Wildman–Crippen MR) is 129 cm³/mol. The van der Waals surface area contributed by atoms with Gasteiger partial charge in [-0.05, 0) is 59.1 Å². The highest BCUT2D eigenvalue weighted by molar-refractivity contribution is 9.10. The van der Waals surface area contributed by atoms with Crippen LogP contribution in [0.4, 0.5) is 20.6 Å². The second-order valence-electron chi connectivity index (χ2n) is 7.77. The van der Waals surface area contributed by atoms with Crippen LogP contribution in [0.5, 0.6) is 0 Å². The first kappa shape index (κ1) is 23.4. The molecule has 0 atom stereocenters. The number of urea groups is 1. The second-order valence-corrected chi connectivity index (χ2v) is 8.62. The van der Waals surface area contributed by atoms with E-state index in [1.54, 1.807) is 22.0 Å². The van der Waals surface area contributed by atoms with Crippen molar-refractivity contribution in [3.63, 3.8) is 0 Å². The number of Topliss-reactive ketones (excluding diaryl/α,β-unsaturated/α-hetero) is 1. The minimum atomic E-state index is -0.447. The van der Waals surface area contributed by atoms with Crippen LogP contribution in [0.3, 0.4) is 0 Å². The molecule has 1 saturated heterocycles. The summed E-state index contributed by atoms with van der Waals surface area (Å²) in [5, 5.41) is 22.3. The van der Waals surface area contributed by atoms with Crippen LogP contribution in [0.15, 0.2) is 70.6 Å². The Labute approximate surface area is 203 Å². The van der Waals surface area contributed by atoms with Crippen molar-refractivity contribution in [1.29, 1.82) is 0 Å². The van der Waals surface area contributed by atoms with E-state index in [1.165, 1.54) is 18.2 Å². The van der Waals surface area contributed by atoms with Gasteiger partial charge >= 0.3 is 6.03 Å². The molecule has 0 spiro atoms. The number of benzene rings is 2. The molecular weight excluding hydrogens is 507 g/mol. The van der Waals surface area contributed by atoms with Crippen LogP contribution < -0.4 is 10.6 Å². The molecule has 4 rings (SSSR count). The number of amides is 2. The molecule has 34 heavy (non-hydrogen) atoms. The second kappa shape index (κ2) is 10.5. The summed E-state index contributed by atoms with van der Waals surface area (Å²) in [6.45, 7) is 0.742. The third-order valence-electron chi connectivity index (χ3n) is 5.52. The smallest absolute Gasteiger partial charge is 0.321 e. The molecule has 11 heteroatoms. The summed E-state index contributed by atoms with van der Waals surface area (Å²) in [6.07, 6.45) is 4.14. The molecule has 1 fully saturated rings. The molecule has 3 aromatic rings. The van der Waals surface area contributed by atoms with Crippen molar-refractivity contribution in [2.75, 3.05) is 23.7 Å². The molecule has 1 aliphatic heterocycles. The first-order valence-corrected chi connectivity index (χ1v) is 11.4. The van der Waals surface area contributed by atoms with E-state index in [0.717, 1.165) is 5.69 Å². The fourth-order valence-corrected chi connectivity index (χ4v) is 4.08. The van der Waals surface area contributed by atoms with Gasteiger partial charge in [0, 0.05) is 24.7 Å². The third kappa shape index (κ3) is 5.42. The molecular formula is C23H22BrFN6O3. The van der Waals surface area contributed by atoms with Crippen LogP contribution in [0.2, 0.25) is 0 Å². The zero-order valence-electron chi connectivity index (χ0n) is 18.0. The summed E-state index contributed by atoms with van der Waals surface area (Å²) in [5.74, 6) is -1.45. The number of carbonyl (C=O) groups is 2. The van der Waals surface area contributed by atoms with Crippen molar-refractivity contribution in [3.05, 3.63) is 71.2 Å². The van der Waals surface area contributed by atoms with E-state index in [1.807, 2.05) is 30.3 Å². The van der Waals surface area contributed by atoms with Crippen LogP contribution >= 0.6 is 15.9 Å². The molecule has 9 nitrogen and oxygen atoms in total. The molecule has 176 valence electrons. The Morgan fingerprint density at radius 3 is 2.50 bits per heavy atom. The number of ketones is 1. The number of aromatic nitrogens is 2. The van der Waals surface area contributed by atoms with Crippen molar-refractivity contribution in [2.45, 2.75) is 12.8 Å². The number of para-hydroxylation sites is 1. The van der Waals surface area contributed by atoms with Gasteiger partial charge in [-0.3, -0.25) is 4.79 Å². The minimum Gasteiger partial charge on any atom is -0.409 e. The Bertz CT molecular complexity index is 1210. The number of carbonyl (C=O) groups excluding carboxylic acids is 2. The Hall–Kier alpha value is -3.73. The number of hydrogen-bond acceptors (Lipinski definition) is 5. The Balaban J connectivity index is 1.30. The molecule has 2 amide bonds. The average molecular weight is 529 g/mol. The Morgan fingerprint density at radius 1 is 1.09 bits per heavy atom. The number of amidine groups is 1. The highest BCUT2D eigenvalue weighted by Gasteiger charge is 2.30. The SMILES string of the molecule is O=C(/C(=N/O)Nc1ccc(F)c(Br)c1)C1CCN(C(=O)Nc2cnn(-c3ccccc3)c2)CC1. The fourth-order valence-electron chi connectivity index (χ4n) is 3.70. The molecule has 0 bridgehead atoms. The number of anilines is 2. The fraction of sp³-hybridized carbons (Fsp3) is 0.217. The van der Waals surface area contributed by atoms with Crippen molar-refractivity contribution in [1.82, 2.24) is 14.7 Å². The highest BCUT2D eigenvalue weighted by Crippen LogP contribution is 2.23. The maximum absolute atomic E-state index is 13.4. The van der Waals surface area contributed by atoms with Gasteiger partial charge in [0.2, 0.25) is 11.6 Å². The molecule has 1 aromatic heterocycles. The molecule has 0 unspecified atom stereocenters. The van der Waals surface area contributed by atoms with E-state index in [9.17, 15) is 19.2 Å². The molecule has 1 aliphatic rings. The van der Waals surface area contributed by atoms with E-state index in [2.05, 4.69) is 36.8 Å². The molecule has 2 aromatic carbocycles. The number of oxime groups is 1. The van der Waals surface area contributed by atoms with Gasteiger partial charge in [-0.1, -0.05) is 23.4 Å². The molecule has 0 aliphatic carbocycles. The number of rotatable bonds is 5. The van der Waals surface area contributed by atoms with Crippen molar-refractivity contribution in [2.24, 2.45) is 11.1 Å². The number of nitrogens with zero attached hydrogens (tertiary/aromatic N) is 4. The van der Waals surface area contributed by atoms with Gasteiger partial charge in [-0.25, -0.2) is 13.9 Å². The zero-order valence-corrected chi connectivity index (χ0v) is 19.6. The van der Waals surface area contributed by atoms with Crippen LogP contribution in [0.25, 0.3) is 5.69 Å². The van der Waals surface area contributed by atoms with E-state index in [4.69, 9.17) is 0 Å². The van der Waals surface area contributed by atoms with Crippen LogP contribution in [-0.2, 0) is 4.79 Å². The van der Waals surface area contributed by atoms with Crippen molar-refractivity contribution < 1.29 is 19.2 Å². The number of hydrogen-bond donors (Lipinski definition) is 3. The maximum Gasteiger partial charge on any atom is 0.321 e. The zero-order chi connectivity index (χ0) is 24.1. The minimum absolute atomic E-state index is 0.218. The molecule has 0 saturated carbocycles. The predicted octanol–water partition coefficient (Wildman–Crippen LogP) is 4.49. The number of halogens is 2. The van der Waals surface area contributed by atoms with Gasteiger partial charge in [-0.2, -0.15) is 5.10 Å². The van der Waals surface area contributed by atoms with Gasteiger partial charge in [-0.15, -0.1) is 0 Å². The Kier molecular flexibility index (Phi) is 7.21. The number of likely N-dealkylation sites (tertiary alicyclic amines) is 1. The number of nitrogens with one attached hydrogen (secondary N) is 2. The summed E-state index contributed by atoms with van der Waals surface area (Å²) in [6, 6.07) is 13.4. The van der Waals surface area contributed by atoms with E-state index < -0.39 is 11.7 Å². The lowest BCUT2D eigenvalue weighted by atomic mass is 9.92. The van der Waals surface area contributed by atoms with Crippen LogP contribution in [-0.4, -0.2) is 50.6 Å². The first-order valence-electron chi connectivity index (χ1n) is 10.6. The van der Waals surface area contributed by atoms with Crippen LogP contribution in [0, 0.1) is 11.7 Å². The molecule has 2 heterocycles. The summed E-state index contributed by atoms with van der Waals surface area (Å²) in [7, 11) is 0. The topological polar surface area (TPSA) is 112 Å². The maximum atomic E-state index is 13.4. The summed E-state index contributed by atoms with van der Waals surface area (Å²) in [4.78, 5) is 27.1. The summed E-state index contributed by atoms with van der Waals surface area (Å²) >= 11 is 3.08. The molecule has 0 radical (unpaired) electrons. The lowest BCUT2D eigenvalue weighted by molar-refractivity contribution is -0.117. The third-order valence-corrected chi connectivity index (χ3v) is 6.13. The van der Waals surface area contributed by atoms with E-state index >= 15 is 0 Å². The average Bonchev–Trinajstić information content (AvgIpc) is 3.33. The normalized spacial score (nSPS) is 14.6. The lowest BCUT2D eigenvalue weighted by Crippen LogP contribution is -2.44. The quantitative estimate of drug-likeness (QED) is 0.195. The van der Waals surface area contributed by atoms with E-state index in [-0.39, 0.29) is 22.1 Å². The van der Waals surface area contributed by atoms with Crippen molar-refractivity contribution >= 4 is 45.0 Å². The Morgan fingerprint density at radius 2 is 1.82 bits per heavy atom. The largest absolute Gasteiger partial charge is 0.409 e. The summed E-state index contributed by atoms with van der Waals surface area (Å²) in [5.41, 5.74) is 1.85. The van der Waals surface area contributed by atoms with Crippen molar-refractivity contribution in [3.8, 4) is 5.69 Å². The lowest BCUT2D eigenvalue weighted by Gasteiger charge is -2.31. The van der Waals surface area contributed by atoms with E-state index in [0.29, 0.717) is 37.3 Å². The standard InChI is InChI=1S/C23H22BrFN6O3/c24-19-12-16(6-7-20(19)25)27-22(29-34)21(32)15-8-10-30(11-9-15)23(33)28-17-13-26-31(14-17)18-4-2-1-3-5-18/h1-7,12-15,34H,8-11H2,(H,27,29)(H,28,33).